The first-order chi connectivity index (χ1) is 6.45. The molecular formula is C8H7F3INO. The first kappa shape index (κ1) is 11.5. The van der Waals surface area contributed by atoms with Crippen LogP contribution in [0.5, 0.6) is 5.75 Å². The molecule has 0 aromatic carbocycles. The van der Waals surface area contributed by atoms with Crippen molar-refractivity contribution in [3.8, 4) is 5.75 Å². The molecule has 6 heteroatoms. The molecule has 0 bridgehead atoms. The van der Waals surface area contributed by atoms with E-state index in [0.29, 0.717) is 12.4 Å². The largest absolute Gasteiger partial charge is 0.491 e. The minimum atomic E-state index is -4.40. The number of alkyl halides is 3. The Balaban J connectivity index is 3.01. The molecule has 0 fully saturated rings. The molecule has 0 aliphatic rings. The van der Waals surface area contributed by atoms with Gasteiger partial charge in [-0.15, -0.1) is 0 Å². The van der Waals surface area contributed by atoms with Gasteiger partial charge in [-0.25, -0.2) is 4.98 Å². The Morgan fingerprint density at radius 1 is 1.43 bits per heavy atom. The van der Waals surface area contributed by atoms with Gasteiger partial charge in [0, 0.05) is 0 Å². The highest BCUT2D eigenvalue weighted by atomic mass is 127. The van der Waals surface area contributed by atoms with E-state index in [1.165, 1.54) is 6.07 Å². The fourth-order valence-corrected chi connectivity index (χ4v) is 1.44. The zero-order chi connectivity index (χ0) is 10.8. The Morgan fingerprint density at radius 3 is 2.50 bits per heavy atom. The smallest absolute Gasteiger partial charge is 0.433 e. The number of hydrogen-bond donors (Lipinski definition) is 0. The number of ether oxygens (including phenoxy) is 1. The van der Waals surface area contributed by atoms with Crippen LogP contribution in [0, 0.1) is 3.70 Å². The predicted molar refractivity (Wildman–Crippen MR) is 53.1 cm³/mol. The summed E-state index contributed by atoms with van der Waals surface area (Å²) in [5, 5.41) is 0. The molecule has 1 rings (SSSR count). The van der Waals surface area contributed by atoms with E-state index in [1.54, 1.807) is 29.5 Å². The van der Waals surface area contributed by atoms with Gasteiger partial charge < -0.3 is 4.74 Å². The molecule has 0 aliphatic carbocycles. The van der Waals surface area contributed by atoms with Gasteiger partial charge in [-0.3, -0.25) is 0 Å². The van der Waals surface area contributed by atoms with E-state index in [4.69, 9.17) is 4.74 Å². The molecule has 14 heavy (non-hydrogen) atoms. The van der Waals surface area contributed by atoms with Crippen molar-refractivity contribution < 1.29 is 17.9 Å². The van der Waals surface area contributed by atoms with E-state index in [0.717, 1.165) is 6.07 Å². The van der Waals surface area contributed by atoms with Gasteiger partial charge in [-0.2, -0.15) is 13.2 Å². The summed E-state index contributed by atoms with van der Waals surface area (Å²) < 4.78 is 41.8. The number of aromatic nitrogens is 1. The Bertz CT molecular complexity index is 327. The Hall–Kier alpha value is -0.530. The van der Waals surface area contributed by atoms with Crippen LogP contribution in [0.3, 0.4) is 0 Å². The highest BCUT2D eigenvalue weighted by Gasteiger charge is 2.32. The summed E-state index contributed by atoms with van der Waals surface area (Å²) in [6.45, 7) is 2.16. The zero-order valence-corrected chi connectivity index (χ0v) is 9.39. The van der Waals surface area contributed by atoms with Crippen LogP contribution < -0.4 is 4.74 Å². The summed E-state index contributed by atoms with van der Waals surface area (Å²) in [4.78, 5) is 3.40. The lowest BCUT2D eigenvalue weighted by molar-refractivity contribution is -0.141. The van der Waals surface area contributed by atoms with E-state index in [2.05, 4.69) is 4.98 Å². The van der Waals surface area contributed by atoms with E-state index in [1.807, 2.05) is 0 Å². The lowest BCUT2D eigenvalue weighted by Crippen LogP contribution is -2.09. The van der Waals surface area contributed by atoms with Crippen molar-refractivity contribution in [1.82, 2.24) is 4.98 Å². The van der Waals surface area contributed by atoms with Crippen molar-refractivity contribution in [2.45, 2.75) is 13.1 Å². The average molecular weight is 317 g/mol. The van der Waals surface area contributed by atoms with Gasteiger partial charge in [0.2, 0.25) is 0 Å². The second-order valence-corrected chi connectivity index (χ2v) is 3.44. The van der Waals surface area contributed by atoms with Crippen LogP contribution in [0.15, 0.2) is 12.1 Å². The molecule has 0 N–H and O–H groups in total. The monoisotopic (exact) mass is 317 g/mol. The molecule has 1 heterocycles. The number of nitrogens with zero attached hydrogens (tertiary/aromatic N) is 1. The Labute approximate surface area is 92.6 Å². The van der Waals surface area contributed by atoms with Gasteiger partial charge in [0.1, 0.15) is 9.39 Å². The highest BCUT2D eigenvalue weighted by Crippen LogP contribution is 2.30. The van der Waals surface area contributed by atoms with Crippen molar-refractivity contribution in [1.29, 1.82) is 0 Å². The molecule has 0 saturated heterocycles. The van der Waals surface area contributed by atoms with Crippen LogP contribution in [0.1, 0.15) is 12.6 Å². The predicted octanol–water partition coefficient (Wildman–Crippen LogP) is 3.10. The third-order valence-electron chi connectivity index (χ3n) is 1.40. The highest BCUT2D eigenvalue weighted by molar-refractivity contribution is 14.1. The van der Waals surface area contributed by atoms with Crippen LogP contribution in [0.25, 0.3) is 0 Å². The van der Waals surface area contributed by atoms with Crippen LogP contribution in [0.4, 0.5) is 13.2 Å². The fraction of sp³-hybridized carbons (Fsp3) is 0.375. The van der Waals surface area contributed by atoms with Gasteiger partial charge in [0.15, 0.2) is 5.75 Å². The van der Waals surface area contributed by atoms with Gasteiger partial charge in [-0.1, -0.05) is 0 Å². The maximum Gasteiger partial charge on any atom is 0.433 e. The molecule has 0 unspecified atom stereocenters. The topological polar surface area (TPSA) is 22.1 Å². The Morgan fingerprint density at radius 2 is 2.07 bits per heavy atom. The van der Waals surface area contributed by atoms with E-state index in [-0.39, 0.29) is 3.70 Å². The summed E-state index contributed by atoms with van der Waals surface area (Å²) in [5.41, 5.74) is -0.898. The molecular weight excluding hydrogens is 310 g/mol. The minimum Gasteiger partial charge on any atom is -0.491 e. The number of halogens is 4. The summed E-state index contributed by atoms with van der Waals surface area (Å²) in [6.07, 6.45) is -4.40. The van der Waals surface area contributed by atoms with Crippen molar-refractivity contribution in [3.63, 3.8) is 0 Å². The first-order valence-electron chi connectivity index (χ1n) is 3.81. The summed E-state index contributed by atoms with van der Waals surface area (Å²) in [7, 11) is 0. The van der Waals surface area contributed by atoms with Crippen molar-refractivity contribution >= 4 is 22.6 Å². The van der Waals surface area contributed by atoms with Gasteiger partial charge in [-0.05, 0) is 41.6 Å². The quantitative estimate of drug-likeness (QED) is 0.618. The summed E-state index contributed by atoms with van der Waals surface area (Å²) >= 11 is 1.71. The van der Waals surface area contributed by atoms with Gasteiger partial charge >= 0.3 is 6.18 Å². The van der Waals surface area contributed by atoms with Crippen molar-refractivity contribution in [2.75, 3.05) is 6.61 Å². The molecule has 0 amide bonds. The SMILES string of the molecule is CCOc1ccc(C(F)(F)F)nc1I. The normalized spacial score (nSPS) is 11.5. The summed E-state index contributed by atoms with van der Waals surface area (Å²) in [5.74, 6) is 0.376. The molecule has 1 aromatic rings. The standard InChI is InChI=1S/C8H7F3INO/c1-2-14-5-3-4-6(8(9,10)11)13-7(5)12/h3-4H,2H2,1H3. The van der Waals surface area contributed by atoms with Crippen LogP contribution in [0.2, 0.25) is 0 Å². The van der Waals surface area contributed by atoms with Gasteiger partial charge in [0.25, 0.3) is 0 Å². The molecule has 0 aliphatic heterocycles. The number of pyridine rings is 1. The van der Waals surface area contributed by atoms with Crippen molar-refractivity contribution in [2.24, 2.45) is 0 Å². The molecule has 0 atom stereocenters. The van der Waals surface area contributed by atoms with Gasteiger partial charge in [0.05, 0.1) is 6.61 Å². The fourth-order valence-electron chi connectivity index (χ4n) is 0.843. The third-order valence-corrected chi connectivity index (χ3v) is 2.18. The van der Waals surface area contributed by atoms with E-state index < -0.39 is 11.9 Å². The minimum absolute atomic E-state index is 0.222. The van der Waals surface area contributed by atoms with Crippen molar-refractivity contribution in [3.05, 3.63) is 21.5 Å². The second-order valence-electron chi connectivity index (χ2n) is 2.42. The molecule has 0 radical (unpaired) electrons. The molecule has 2 nitrogen and oxygen atoms in total. The average Bonchev–Trinajstić information content (AvgIpc) is 2.07. The lowest BCUT2D eigenvalue weighted by Gasteiger charge is -2.08. The molecule has 0 spiro atoms. The van der Waals surface area contributed by atoms with E-state index >= 15 is 0 Å². The molecule has 78 valence electrons. The third kappa shape index (κ3) is 2.73. The van der Waals surface area contributed by atoms with Crippen LogP contribution in [-0.4, -0.2) is 11.6 Å². The van der Waals surface area contributed by atoms with Crippen LogP contribution in [-0.2, 0) is 6.18 Å². The zero-order valence-electron chi connectivity index (χ0n) is 7.23. The number of hydrogen-bond acceptors (Lipinski definition) is 2. The number of rotatable bonds is 2. The second kappa shape index (κ2) is 4.33. The summed E-state index contributed by atoms with van der Waals surface area (Å²) in [6, 6.07) is 2.19. The van der Waals surface area contributed by atoms with Crippen LogP contribution >= 0.6 is 22.6 Å². The first-order valence-corrected chi connectivity index (χ1v) is 4.89. The van der Waals surface area contributed by atoms with E-state index in [9.17, 15) is 13.2 Å². The lowest BCUT2D eigenvalue weighted by atomic mass is 10.3. The maximum absolute atomic E-state index is 12.2. The Kier molecular flexibility index (Phi) is 3.57. The maximum atomic E-state index is 12.2. The molecule has 1 aromatic heterocycles. The molecule has 0 saturated carbocycles.